The Kier molecular flexibility index (Phi) is 4.29. The minimum absolute atomic E-state index is 0.425. The summed E-state index contributed by atoms with van der Waals surface area (Å²) in [7, 11) is 0. The number of aromatic nitrogens is 2. The number of benzene rings is 2. The molecular formula is C28H31N3. The summed E-state index contributed by atoms with van der Waals surface area (Å²) >= 11 is 0. The van der Waals surface area contributed by atoms with Gasteiger partial charge in [0.05, 0.1) is 8.44 Å². The van der Waals surface area contributed by atoms with Gasteiger partial charge in [0.25, 0.3) is 0 Å². The van der Waals surface area contributed by atoms with E-state index in [4.69, 9.17) is 6.35 Å². The second kappa shape index (κ2) is 7.56. The summed E-state index contributed by atoms with van der Waals surface area (Å²) in [6.07, 6.45) is 2.78. The first-order chi connectivity index (χ1) is 15.8. The molecule has 31 heavy (non-hydrogen) atoms. The van der Waals surface area contributed by atoms with Crippen molar-refractivity contribution in [2.45, 2.75) is 53.5 Å². The average molecular weight is 412 g/mol. The lowest BCUT2D eigenvalue weighted by Crippen LogP contribution is -2.32. The van der Waals surface area contributed by atoms with Crippen LogP contribution in [-0.2, 0) is 12.9 Å². The van der Waals surface area contributed by atoms with Crippen LogP contribution in [0, 0.1) is 20.8 Å². The van der Waals surface area contributed by atoms with Gasteiger partial charge in [0.2, 0.25) is 0 Å². The van der Waals surface area contributed by atoms with Gasteiger partial charge in [-0.1, -0.05) is 38.1 Å². The standard InChI is InChI=1S/C28H31N3/c1-17(2)21-10-9-18(3)27(14-21)31-12-11-24-23(16-31)19(4)13-26(30-24)22-7-6-8-25-28(22)20(5)15-29-25/h6-10,13-15,17,29H,11-12,16H2,1-5H3/i13D,16D. The lowest BCUT2D eigenvalue weighted by atomic mass is 9.95. The van der Waals surface area contributed by atoms with Gasteiger partial charge in [-0.25, -0.2) is 0 Å². The zero-order chi connectivity index (χ0) is 23.4. The smallest absolute Gasteiger partial charge is 0.0715 e. The van der Waals surface area contributed by atoms with Crippen LogP contribution in [0.1, 0.15) is 56.0 Å². The first-order valence-corrected chi connectivity index (χ1v) is 11.1. The minimum Gasteiger partial charge on any atom is -0.367 e. The lowest BCUT2D eigenvalue weighted by Gasteiger charge is -2.33. The number of nitrogens with one attached hydrogen (secondary N) is 1. The molecule has 0 radical (unpaired) electrons. The highest BCUT2D eigenvalue weighted by Gasteiger charge is 2.22. The number of aryl methyl sites for hydroxylation is 2. The van der Waals surface area contributed by atoms with Gasteiger partial charge in [-0.15, -0.1) is 0 Å². The maximum Gasteiger partial charge on any atom is 0.0715 e. The molecular weight excluding hydrogens is 378 g/mol. The fourth-order valence-electron chi connectivity index (χ4n) is 4.66. The summed E-state index contributed by atoms with van der Waals surface area (Å²) in [6, 6.07) is 13.1. The molecule has 1 unspecified atom stereocenters. The zero-order valence-corrected chi connectivity index (χ0v) is 19.0. The van der Waals surface area contributed by atoms with E-state index in [1.54, 1.807) is 0 Å². The number of H-pyrrole nitrogens is 1. The highest BCUT2D eigenvalue weighted by Crippen LogP contribution is 2.34. The Balaban J connectivity index is 1.62. The molecule has 1 N–H and O–H groups in total. The molecule has 158 valence electrons. The number of pyridine rings is 1. The Bertz CT molecular complexity index is 1370. The maximum absolute atomic E-state index is 9.17. The topological polar surface area (TPSA) is 31.9 Å². The second-order valence-corrected chi connectivity index (χ2v) is 9.04. The number of fused-ring (bicyclic) bond motifs is 2. The van der Waals surface area contributed by atoms with E-state index in [1.807, 2.05) is 19.2 Å². The van der Waals surface area contributed by atoms with Crippen molar-refractivity contribution in [3.63, 3.8) is 0 Å². The predicted molar refractivity (Wildman–Crippen MR) is 131 cm³/mol. The van der Waals surface area contributed by atoms with Crippen LogP contribution in [0.5, 0.6) is 0 Å². The van der Waals surface area contributed by atoms with Crippen LogP contribution in [0.4, 0.5) is 5.69 Å². The monoisotopic (exact) mass is 411 g/mol. The molecule has 3 nitrogen and oxygen atoms in total. The molecule has 0 fully saturated rings. The molecule has 0 spiro atoms. The fraction of sp³-hybridized carbons (Fsp3) is 0.321. The van der Waals surface area contributed by atoms with E-state index in [-0.39, 0.29) is 0 Å². The third-order valence-electron chi connectivity index (χ3n) is 6.51. The Morgan fingerprint density at radius 1 is 1.10 bits per heavy atom. The summed E-state index contributed by atoms with van der Waals surface area (Å²) in [5.41, 5.74) is 10.2. The molecule has 3 heterocycles. The first kappa shape index (κ1) is 17.6. The van der Waals surface area contributed by atoms with E-state index in [1.165, 1.54) is 11.1 Å². The molecule has 0 aliphatic carbocycles. The molecule has 2 aromatic heterocycles. The zero-order valence-electron chi connectivity index (χ0n) is 21.0. The SMILES string of the molecule is [2H]c1c(-c2cccc3[nH]cc(C)c23)nc2c(c1C)C([2H])N(c1cc(C(C)C)ccc1C)CC2. The highest BCUT2D eigenvalue weighted by atomic mass is 15.1. The summed E-state index contributed by atoms with van der Waals surface area (Å²) in [4.78, 5) is 10.5. The minimum atomic E-state index is -0.565. The molecule has 4 aromatic rings. The van der Waals surface area contributed by atoms with Crippen LogP contribution in [-0.4, -0.2) is 16.5 Å². The van der Waals surface area contributed by atoms with Crippen molar-refractivity contribution < 1.29 is 2.74 Å². The van der Waals surface area contributed by atoms with Crippen molar-refractivity contribution in [2.75, 3.05) is 11.4 Å². The number of nitrogens with zero attached hydrogens (tertiary/aromatic N) is 2. The normalized spacial score (nSPS) is 17.1. The van der Waals surface area contributed by atoms with Gasteiger partial charge < -0.3 is 9.88 Å². The molecule has 1 atom stereocenters. The molecule has 3 heteroatoms. The van der Waals surface area contributed by atoms with Gasteiger partial charge in [0.15, 0.2) is 0 Å². The van der Waals surface area contributed by atoms with E-state index in [2.05, 4.69) is 67.9 Å². The second-order valence-electron chi connectivity index (χ2n) is 9.04. The first-order valence-electron chi connectivity index (χ1n) is 12.2. The summed E-state index contributed by atoms with van der Waals surface area (Å²) in [5, 5.41) is 1.12. The lowest BCUT2D eigenvalue weighted by molar-refractivity contribution is 0.705. The van der Waals surface area contributed by atoms with Gasteiger partial charge in [0, 0.05) is 53.5 Å². The molecule has 0 saturated carbocycles. The van der Waals surface area contributed by atoms with Gasteiger partial charge in [0.1, 0.15) is 0 Å². The van der Waals surface area contributed by atoms with Crippen LogP contribution in [0.3, 0.4) is 0 Å². The van der Waals surface area contributed by atoms with E-state index in [0.717, 1.165) is 63.2 Å². The molecule has 1 aliphatic heterocycles. The van der Waals surface area contributed by atoms with E-state index < -0.39 is 6.52 Å². The third kappa shape index (κ3) is 3.42. The van der Waals surface area contributed by atoms with Crippen molar-refractivity contribution >= 4 is 16.6 Å². The van der Waals surface area contributed by atoms with Crippen molar-refractivity contribution in [3.8, 4) is 11.3 Å². The van der Waals surface area contributed by atoms with Gasteiger partial charge in [-0.3, -0.25) is 4.98 Å². The van der Waals surface area contributed by atoms with Crippen LogP contribution in [0.2, 0.25) is 0 Å². The largest absolute Gasteiger partial charge is 0.367 e. The molecule has 0 amide bonds. The average Bonchev–Trinajstić information content (AvgIpc) is 3.18. The Morgan fingerprint density at radius 3 is 2.74 bits per heavy atom. The fourth-order valence-corrected chi connectivity index (χ4v) is 4.66. The highest BCUT2D eigenvalue weighted by molar-refractivity contribution is 5.96. The van der Waals surface area contributed by atoms with E-state index in [9.17, 15) is 1.37 Å². The molecule has 5 rings (SSSR count). The summed E-state index contributed by atoms with van der Waals surface area (Å²) in [5.74, 6) is 0.441. The summed E-state index contributed by atoms with van der Waals surface area (Å²) < 4.78 is 18.2. The molecule has 0 bridgehead atoms. The Hall–Kier alpha value is -3.07. The van der Waals surface area contributed by atoms with Gasteiger partial charge >= 0.3 is 0 Å². The van der Waals surface area contributed by atoms with Crippen molar-refractivity contribution in [1.29, 1.82) is 0 Å². The molecule has 1 aliphatic rings. The quantitative estimate of drug-likeness (QED) is 0.400. The summed E-state index contributed by atoms with van der Waals surface area (Å²) in [6.45, 7) is 10.8. The van der Waals surface area contributed by atoms with Gasteiger partial charge in [-0.05, 0) is 72.7 Å². The van der Waals surface area contributed by atoms with E-state index in [0.29, 0.717) is 12.0 Å². The van der Waals surface area contributed by atoms with Crippen LogP contribution in [0.25, 0.3) is 22.2 Å². The van der Waals surface area contributed by atoms with Crippen LogP contribution in [0.15, 0.2) is 48.6 Å². The van der Waals surface area contributed by atoms with Crippen molar-refractivity contribution in [3.05, 3.63) is 82.1 Å². The number of hydrogen-bond acceptors (Lipinski definition) is 2. The van der Waals surface area contributed by atoms with Gasteiger partial charge in [-0.2, -0.15) is 0 Å². The molecule has 0 saturated heterocycles. The van der Waals surface area contributed by atoms with E-state index >= 15 is 0 Å². The maximum atomic E-state index is 9.17. The Morgan fingerprint density at radius 2 is 1.94 bits per heavy atom. The number of anilines is 1. The Labute approximate surface area is 188 Å². The third-order valence-corrected chi connectivity index (χ3v) is 6.51. The number of aromatic amines is 1. The number of rotatable bonds is 3. The number of hydrogen-bond donors (Lipinski definition) is 1. The van der Waals surface area contributed by atoms with Crippen molar-refractivity contribution in [2.24, 2.45) is 0 Å². The van der Waals surface area contributed by atoms with Crippen LogP contribution < -0.4 is 4.90 Å². The predicted octanol–water partition coefficient (Wildman–Crippen LogP) is 6.84. The van der Waals surface area contributed by atoms with Crippen molar-refractivity contribution in [1.82, 2.24) is 9.97 Å². The van der Waals surface area contributed by atoms with Crippen LogP contribution >= 0.6 is 0 Å². The molecule has 2 aromatic carbocycles.